The van der Waals surface area contributed by atoms with Gasteiger partial charge in [-0.3, -0.25) is 4.72 Å². The lowest BCUT2D eigenvalue weighted by molar-refractivity contribution is 0.414. The first-order valence-corrected chi connectivity index (χ1v) is 8.78. The molecule has 0 radical (unpaired) electrons. The first-order valence-electron chi connectivity index (χ1n) is 7.30. The third-order valence-electron chi connectivity index (χ3n) is 3.14. The van der Waals surface area contributed by atoms with E-state index >= 15 is 0 Å². The summed E-state index contributed by atoms with van der Waals surface area (Å²) in [5, 5.41) is 10.9. The lowest BCUT2D eigenvalue weighted by atomic mass is 10.3. The fraction of sp³-hybridized carbons (Fsp3) is 0.333. The van der Waals surface area contributed by atoms with Crippen molar-refractivity contribution in [3.63, 3.8) is 0 Å². The summed E-state index contributed by atoms with van der Waals surface area (Å²) in [5.41, 5.74) is 0. The fourth-order valence-corrected chi connectivity index (χ4v) is 2.84. The predicted octanol–water partition coefficient (Wildman–Crippen LogP) is 1.26. The molecule has 9 heteroatoms. The average Bonchev–Trinajstić information content (AvgIpc) is 2.56. The van der Waals surface area contributed by atoms with E-state index in [0.29, 0.717) is 11.6 Å². The van der Waals surface area contributed by atoms with E-state index in [4.69, 9.17) is 4.74 Å². The van der Waals surface area contributed by atoms with E-state index in [2.05, 4.69) is 20.2 Å². The number of anilines is 2. The number of likely N-dealkylation sites (N-methyl/N-ethyl adjacent to an activating group) is 1. The van der Waals surface area contributed by atoms with Crippen molar-refractivity contribution in [2.75, 3.05) is 44.3 Å². The highest BCUT2D eigenvalue weighted by atomic mass is 32.2. The summed E-state index contributed by atoms with van der Waals surface area (Å²) >= 11 is 0. The average molecular weight is 351 g/mol. The second-order valence-electron chi connectivity index (χ2n) is 5.31. The van der Waals surface area contributed by atoms with E-state index < -0.39 is 10.0 Å². The number of sulfonamides is 1. The zero-order valence-electron chi connectivity index (χ0n) is 13.9. The molecule has 0 saturated carbocycles. The minimum Gasteiger partial charge on any atom is -0.497 e. The van der Waals surface area contributed by atoms with E-state index in [0.717, 1.165) is 13.1 Å². The predicted molar refractivity (Wildman–Crippen MR) is 92.9 cm³/mol. The second kappa shape index (κ2) is 7.93. The number of nitrogens with zero attached hydrogens (tertiary/aromatic N) is 3. The van der Waals surface area contributed by atoms with Crippen LogP contribution >= 0.6 is 0 Å². The molecule has 0 aliphatic rings. The molecule has 130 valence electrons. The Morgan fingerprint density at radius 3 is 2.21 bits per heavy atom. The molecule has 1 heterocycles. The number of hydrogen-bond acceptors (Lipinski definition) is 7. The van der Waals surface area contributed by atoms with Gasteiger partial charge in [-0.05, 0) is 50.5 Å². The van der Waals surface area contributed by atoms with Crippen molar-refractivity contribution in [2.45, 2.75) is 4.90 Å². The van der Waals surface area contributed by atoms with Gasteiger partial charge >= 0.3 is 0 Å². The molecule has 0 saturated heterocycles. The van der Waals surface area contributed by atoms with E-state index in [9.17, 15) is 8.42 Å². The summed E-state index contributed by atoms with van der Waals surface area (Å²) in [6.45, 7) is 1.58. The molecule has 0 fully saturated rings. The Kier molecular flexibility index (Phi) is 5.93. The fourth-order valence-electron chi connectivity index (χ4n) is 1.84. The number of nitrogens with one attached hydrogen (secondary N) is 2. The maximum absolute atomic E-state index is 12.3. The quantitative estimate of drug-likeness (QED) is 0.739. The van der Waals surface area contributed by atoms with Crippen molar-refractivity contribution in [3.05, 3.63) is 36.4 Å². The van der Waals surface area contributed by atoms with E-state index in [-0.39, 0.29) is 10.7 Å². The summed E-state index contributed by atoms with van der Waals surface area (Å²) in [5.74, 6) is 1.33. The molecule has 0 spiro atoms. The summed E-state index contributed by atoms with van der Waals surface area (Å²) < 4.78 is 32.0. The molecule has 1 aromatic heterocycles. The first-order chi connectivity index (χ1) is 11.4. The summed E-state index contributed by atoms with van der Waals surface area (Å²) in [7, 11) is 1.76. The van der Waals surface area contributed by atoms with Crippen LogP contribution in [0.4, 0.5) is 11.6 Å². The van der Waals surface area contributed by atoms with Crippen molar-refractivity contribution in [1.82, 2.24) is 15.1 Å². The smallest absolute Gasteiger partial charge is 0.263 e. The molecule has 0 bridgehead atoms. The van der Waals surface area contributed by atoms with Gasteiger partial charge in [-0.15, -0.1) is 10.2 Å². The van der Waals surface area contributed by atoms with Crippen LogP contribution in [0.15, 0.2) is 41.3 Å². The van der Waals surface area contributed by atoms with Gasteiger partial charge in [-0.2, -0.15) is 0 Å². The number of hydrogen-bond donors (Lipinski definition) is 2. The first kappa shape index (κ1) is 18.0. The van der Waals surface area contributed by atoms with Gasteiger partial charge in [-0.25, -0.2) is 8.42 Å². The minimum absolute atomic E-state index is 0.123. The second-order valence-corrected chi connectivity index (χ2v) is 7.00. The molecule has 0 atom stereocenters. The molecule has 0 aliphatic carbocycles. The van der Waals surface area contributed by atoms with E-state index in [1.54, 1.807) is 24.3 Å². The van der Waals surface area contributed by atoms with Crippen LogP contribution in [0.2, 0.25) is 0 Å². The van der Waals surface area contributed by atoms with Crippen molar-refractivity contribution in [3.8, 4) is 5.75 Å². The number of benzene rings is 1. The Morgan fingerprint density at radius 2 is 1.67 bits per heavy atom. The van der Waals surface area contributed by atoms with Gasteiger partial charge in [0.15, 0.2) is 5.82 Å². The zero-order valence-corrected chi connectivity index (χ0v) is 14.7. The molecule has 1 aromatic carbocycles. The van der Waals surface area contributed by atoms with Crippen LogP contribution in [0.3, 0.4) is 0 Å². The number of aromatic nitrogens is 2. The Hall–Kier alpha value is -2.39. The number of ether oxygens (including phenoxy) is 1. The van der Waals surface area contributed by atoms with Crippen LogP contribution in [0.1, 0.15) is 0 Å². The molecule has 0 aliphatic heterocycles. The molecule has 0 amide bonds. The highest BCUT2D eigenvalue weighted by molar-refractivity contribution is 7.92. The lowest BCUT2D eigenvalue weighted by Crippen LogP contribution is -2.21. The SMILES string of the molecule is COc1ccc(S(=O)(=O)Nc2ccc(NCCN(C)C)nn2)cc1. The molecule has 2 N–H and O–H groups in total. The third-order valence-corrected chi connectivity index (χ3v) is 4.51. The Morgan fingerprint density at radius 1 is 1.04 bits per heavy atom. The molecule has 2 rings (SSSR count). The molecular weight excluding hydrogens is 330 g/mol. The normalized spacial score (nSPS) is 11.3. The van der Waals surface area contributed by atoms with Crippen LogP contribution < -0.4 is 14.8 Å². The molecular formula is C15H21N5O3S. The zero-order chi connectivity index (χ0) is 17.6. The molecule has 8 nitrogen and oxygen atoms in total. The largest absolute Gasteiger partial charge is 0.497 e. The minimum atomic E-state index is -3.71. The summed E-state index contributed by atoms with van der Waals surface area (Å²) in [6, 6.07) is 9.33. The van der Waals surface area contributed by atoms with Gasteiger partial charge in [-0.1, -0.05) is 0 Å². The lowest BCUT2D eigenvalue weighted by Gasteiger charge is -2.11. The molecule has 0 unspecified atom stereocenters. The van der Waals surface area contributed by atoms with Gasteiger partial charge in [0.25, 0.3) is 10.0 Å². The van der Waals surface area contributed by atoms with Crippen molar-refractivity contribution >= 4 is 21.7 Å². The third kappa shape index (κ3) is 5.07. The van der Waals surface area contributed by atoms with Crippen molar-refractivity contribution in [2.24, 2.45) is 0 Å². The van der Waals surface area contributed by atoms with Crippen molar-refractivity contribution < 1.29 is 13.2 Å². The standard InChI is InChI=1S/C15H21N5O3S/c1-20(2)11-10-16-14-8-9-15(18-17-14)19-24(21,22)13-6-4-12(23-3)5-7-13/h4-9H,10-11H2,1-3H3,(H,16,17)(H,18,19). The van der Waals surface area contributed by atoms with Gasteiger partial charge in [0, 0.05) is 13.1 Å². The number of methoxy groups -OCH3 is 1. The maximum atomic E-state index is 12.3. The maximum Gasteiger partial charge on any atom is 0.263 e. The highest BCUT2D eigenvalue weighted by Crippen LogP contribution is 2.18. The van der Waals surface area contributed by atoms with Crippen LogP contribution in [0, 0.1) is 0 Å². The van der Waals surface area contributed by atoms with Gasteiger partial charge in [0.05, 0.1) is 12.0 Å². The van der Waals surface area contributed by atoms with Gasteiger partial charge in [0.2, 0.25) is 0 Å². The monoisotopic (exact) mass is 351 g/mol. The van der Waals surface area contributed by atoms with Crippen LogP contribution in [0.25, 0.3) is 0 Å². The van der Waals surface area contributed by atoms with Gasteiger partial charge < -0.3 is 15.0 Å². The van der Waals surface area contributed by atoms with E-state index in [1.165, 1.54) is 19.2 Å². The summed E-state index contributed by atoms with van der Waals surface area (Å²) in [6.07, 6.45) is 0. The molecule has 2 aromatic rings. The highest BCUT2D eigenvalue weighted by Gasteiger charge is 2.15. The summed E-state index contributed by atoms with van der Waals surface area (Å²) in [4.78, 5) is 2.16. The Labute approximate surface area is 141 Å². The van der Waals surface area contributed by atoms with Gasteiger partial charge in [0.1, 0.15) is 11.6 Å². The van der Waals surface area contributed by atoms with E-state index in [1.807, 2.05) is 19.0 Å². The van der Waals surface area contributed by atoms with Crippen molar-refractivity contribution in [1.29, 1.82) is 0 Å². The molecule has 24 heavy (non-hydrogen) atoms. The van der Waals surface area contributed by atoms with Crippen LogP contribution in [-0.2, 0) is 10.0 Å². The van der Waals surface area contributed by atoms with Crippen LogP contribution in [-0.4, -0.2) is 57.8 Å². The Bertz CT molecular complexity index is 746. The number of rotatable bonds is 8. The topological polar surface area (TPSA) is 96.5 Å². The van der Waals surface area contributed by atoms with Crippen LogP contribution in [0.5, 0.6) is 5.75 Å². The Balaban J connectivity index is 2.01.